The standard InChI is InChI=1S/C46H31N3S/c1-30-15-17-31(18-16-30)32-19-21-33(22-20-32)38-27-28-39(41-13-7-6-12-40(38)41)34-23-25-36(26-24-34)45-47-44(35-9-3-2-4-10-35)48-46(49-45)43-29-37-11-5-8-14-42(37)50-43/h2-29H,1H3. The molecule has 4 heteroatoms. The molecular weight excluding hydrogens is 627 g/mol. The van der Waals surface area contributed by atoms with Crippen LogP contribution >= 0.6 is 11.3 Å². The van der Waals surface area contributed by atoms with Crippen LogP contribution in [0.15, 0.2) is 170 Å². The molecule has 7 aromatic carbocycles. The predicted molar refractivity (Wildman–Crippen MR) is 210 cm³/mol. The second kappa shape index (κ2) is 12.7. The zero-order valence-electron chi connectivity index (χ0n) is 27.4. The Morgan fingerprint density at radius 3 is 1.44 bits per heavy atom. The van der Waals surface area contributed by atoms with Gasteiger partial charge >= 0.3 is 0 Å². The summed E-state index contributed by atoms with van der Waals surface area (Å²) in [6.45, 7) is 2.12. The van der Waals surface area contributed by atoms with E-state index in [1.54, 1.807) is 11.3 Å². The van der Waals surface area contributed by atoms with Crippen molar-refractivity contribution in [1.29, 1.82) is 0 Å². The highest BCUT2D eigenvalue weighted by Gasteiger charge is 2.15. The van der Waals surface area contributed by atoms with E-state index in [2.05, 4.69) is 146 Å². The Labute approximate surface area is 295 Å². The molecule has 0 saturated heterocycles. The number of hydrogen-bond acceptors (Lipinski definition) is 4. The molecule has 2 aromatic heterocycles. The van der Waals surface area contributed by atoms with Gasteiger partial charge in [-0.1, -0.05) is 163 Å². The van der Waals surface area contributed by atoms with E-state index in [4.69, 9.17) is 15.0 Å². The molecule has 0 bridgehead atoms. The lowest BCUT2D eigenvalue weighted by Crippen LogP contribution is -1.99. The molecule has 0 radical (unpaired) electrons. The first-order valence-electron chi connectivity index (χ1n) is 16.8. The first-order chi connectivity index (χ1) is 24.7. The van der Waals surface area contributed by atoms with Gasteiger partial charge in [-0.2, -0.15) is 0 Å². The molecule has 2 heterocycles. The number of aromatic nitrogens is 3. The molecular formula is C46H31N3S. The van der Waals surface area contributed by atoms with E-state index in [-0.39, 0.29) is 0 Å². The zero-order chi connectivity index (χ0) is 33.4. The van der Waals surface area contributed by atoms with Crippen molar-refractivity contribution < 1.29 is 0 Å². The second-order valence-electron chi connectivity index (χ2n) is 12.5. The van der Waals surface area contributed by atoms with E-state index >= 15 is 0 Å². The van der Waals surface area contributed by atoms with Crippen molar-refractivity contribution in [2.24, 2.45) is 0 Å². The average Bonchev–Trinajstić information content (AvgIpc) is 3.63. The van der Waals surface area contributed by atoms with Crippen molar-refractivity contribution in [1.82, 2.24) is 15.0 Å². The SMILES string of the molecule is Cc1ccc(-c2ccc(-c3ccc(-c4ccc(-c5nc(-c6ccccc6)nc(-c6cc7ccccc7s6)n5)cc4)c4ccccc34)cc2)cc1. The van der Waals surface area contributed by atoms with Gasteiger partial charge in [0.05, 0.1) is 4.88 Å². The number of nitrogens with zero attached hydrogens (tertiary/aromatic N) is 3. The molecule has 0 fully saturated rings. The van der Waals surface area contributed by atoms with E-state index in [1.807, 2.05) is 30.3 Å². The van der Waals surface area contributed by atoms with E-state index < -0.39 is 0 Å². The van der Waals surface area contributed by atoms with Crippen molar-refractivity contribution in [3.8, 4) is 66.9 Å². The predicted octanol–water partition coefficient (Wildman–Crippen LogP) is 12.5. The van der Waals surface area contributed by atoms with Crippen LogP contribution in [0.5, 0.6) is 0 Å². The number of thiophene rings is 1. The number of hydrogen-bond donors (Lipinski definition) is 0. The van der Waals surface area contributed by atoms with Crippen molar-refractivity contribution in [3.05, 3.63) is 175 Å². The number of benzene rings is 7. The number of fused-ring (bicyclic) bond motifs is 2. The smallest absolute Gasteiger partial charge is 0.174 e. The van der Waals surface area contributed by atoms with Gasteiger partial charge in [-0.05, 0) is 68.6 Å². The van der Waals surface area contributed by atoms with Crippen molar-refractivity contribution >= 4 is 32.2 Å². The molecule has 0 aliphatic rings. The minimum Gasteiger partial charge on any atom is -0.208 e. The van der Waals surface area contributed by atoms with Crippen LogP contribution in [0.3, 0.4) is 0 Å². The molecule has 50 heavy (non-hydrogen) atoms. The molecule has 0 aliphatic heterocycles. The second-order valence-corrected chi connectivity index (χ2v) is 13.6. The summed E-state index contributed by atoms with van der Waals surface area (Å²) in [6, 6.07) is 60.1. The highest BCUT2D eigenvalue weighted by Crippen LogP contribution is 2.38. The van der Waals surface area contributed by atoms with E-state index in [0.29, 0.717) is 17.5 Å². The lowest BCUT2D eigenvalue weighted by Gasteiger charge is -2.13. The van der Waals surface area contributed by atoms with Gasteiger partial charge in [0.25, 0.3) is 0 Å². The van der Waals surface area contributed by atoms with Crippen LogP contribution < -0.4 is 0 Å². The van der Waals surface area contributed by atoms with Crippen LogP contribution in [0.25, 0.3) is 87.7 Å². The molecule has 0 saturated carbocycles. The van der Waals surface area contributed by atoms with Gasteiger partial charge in [-0.15, -0.1) is 11.3 Å². The molecule has 0 N–H and O–H groups in total. The average molecular weight is 658 g/mol. The summed E-state index contributed by atoms with van der Waals surface area (Å²) in [6.07, 6.45) is 0. The van der Waals surface area contributed by atoms with Crippen molar-refractivity contribution in [2.45, 2.75) is 6.92 Å². The number of rotatable bonds is 6. The Morgan fingerprint density at radius 2 is 0.840 bits per heavy atom. The highest BCUT2D eigenvalue weighted by atomic mass is 32.1. The maximum Gasteiger partial charge on any atom is 0.174 e. The quantitative estimate of drug-likeness (QED) is 0.179. The normalized spacial score (nSPS) is 11.3. The van der Waals surface area contributed by atoms with Crippen molar-refractivity contribution in [3.63, 3.8) is 0 Å². The fraction of sp³-hybridized carbons (Fsp3) is 0.0217. The molecule has 236 valence electrons. The maximum atomic E-state index is 5.01. The third kappa shape index (κ3) is 5.66. The fourth-order valence-electron chi connectivity index (χ4n) is 6.61. The maximum absolute atomic E-state index is 5.01. The van der Waals surface area contributed by atoms with Gasteiger partial charge < -0.3 is 0 Å². The lowest BCUT2D eigenvalue weighted by molar-refractivity contribution is 1.08. The first kappa shape index (κ1) is 29.9. The molecule has 0 spiro atoms. The van der Waals surface area contributed by atoms with E-state index in [0.717, 1.165) is 21.6 Å². The molecule has 0 amide bonds. The van der Waals surface area contributed by atoms with Gasteiger partial charge in [0.2, 0.25) is 0 Å². The molecule has 9 rings (SSSR count). The van der Waals surface area contributed by atoms with Crippen molar-refractivity contribution in [2.75, 3.05) is 0 Å². The third-order valence-corrected chi connectivity index (χ3v) is 10.4. The third-order valence-electron chi connectivity index (χ3n) is 9.27. The Balaban J connectivity index is 1.08. The summed E-state index contributed by atoms with van der Waals surface area (Å²) < 4.78 is 1.22. The Hall–Kier alpha value is -6.23. The highest BCUT2D eigenvalue weighted by molar-refractivity contribution is 7.22. The molecule has 0 atom stereocenters. The fourth-order valence-corrected chi connectivity index (χ4v) is 7.61. The van der Waals surface area contributed by atoms with Crippen LogP contribution in [0.2, 0.25) is 0 Å². The van der Waals surface area contributed by atoms with Gasteiger partial charge in [0, 0.05) is 15.8 Å². The van der Waals surface area contributed by atoms with Crippen LogP contribution in [0, 0.1) is 6.92 Å². The zero-order valence-corrected chi connectivity index (χ0v) is 28.2. The molecule has 3 nitrogen and oxygen atoms in total. The van der Waals surface area contributed by atoms with Crippen LogP contribution in [-0.4, -0.2) is 15.0 Å². The summed E-state index contributed by atoms with van der Waals surface area (Å²) in [5, 5.41) is 3.65. The van der Waals surface area contributed by atoms with E-state index in [9.17, 15) is 0 Å². The topological polar surface area (TPSA) is 38.7 Å². The summed E-state index contributed by atoms with van der Waals surface area (Å²) in [4.78, 5) is 15.9. The largest absolute Gasteiger partial charge is 0.208 e. The Morgan fingerprint density at radius 1 is 0.380 bits per heavy atom. The van der Waals surface area contributed by atoms with Gasteiger partial charge in [-0.25, -0.2) is 15.0 Å². The van der Waals surface area contributed by atoms with Crippen LogP contribution in [0.1, 0.15) is 5.56 Å². The minimum atomic E-state index is 0.659. The number of aryl methyl sites for hydroxylation is 1. The Kier molecular flexibility index (Phi) is 7.57. The summed E-state index contributed by atoms with van der Waals surface area (Å²) in [5.74, 6) is 2.01. The van der Waals surface area contributed by atoms with Gasteiger partial charge in [0.1, 0.15) is 0 Å². The van der Waals surface area contributed by atoms with Gasteiger partial charge in [-0.3, -0.25) is 0 Å². The minimum absolute atomic E-state index is 0.659. The van der Waals surface area contributed by atoms with Crippen LogP contribution in [0.4, 0.5) is 0 Å². The summed E-state index contributed by atoms with van der Waals surface area (Å²) in [5.41, 5.74) is 10.4. The van der Waals surface area contributed by atoms with Gasteiger partial charge in [0.15, 0.2) is 17.5 Å². The van der Waals surface area contributed by atoms with Crippen LogP contribution in [-0.2, 0) is 0 Å². The lowest BCUT2D eigenvalue weighted by atomic mass is 9.91. The molecule has 9 aromatic rings. The molecule has 0 aliphatic carbocycles. The molecule has 0 unspecified atom stereocenters. The van der Waals surface area contributed by atoms with E-state index in [1.165, 1.54) is 54.2 Å². The summed E-state index contributed by atoms with van der Waals surface area (Å²) in [7, 11) is 0. The Bertz CT molecular complexity index is 2590. The first-order valence-corrected chi connectivity index (χ1v) is 17.6. The monoisotopic (exact) mass is 657 g/mol. The summed E-state index contributed by atoms with van der Waals surface area (Å²) >= 11 is 1.71.